The molecule has 2 rings (SSSR count). The van der Waals surface area contributed by atoms with Gasteiger partial charge in [-0.05, 0) is 37.1 Å². The molecule has 2 aromatic carbocycles. The molecule has 0 bridgehead atoms. The first kappa shape index (κ1) is 15.9. The van der Waals surface area contributed by atoms with Crippen molar-refractivity contribution in [3.05, 3.63) is 69.2 Å². The Bertz CT molecular complexity index is 638. The van der Waals surface area contributed by atoms with Crippen molar-refractivity contribution < 1.29 is 4.79 Å². The van der Waals surface area contributed by atoms with Crippen molar-refractivity contribution in [3.63, 3.8) is 0 Å². The van der Waals surface area contributed by atoms with Gasteiger partial charge in [0.25, 0.3) is 0 Å². The monoisotopic (exact) mass is 321 g/mol. The molecule has 0 saturated carbocycles. The van der Waals surface area contributed by atoms with Gasteiger partial charge in [0.15, 0.2) is 0 Å². The van der Waals surface area contributed by atoms with Crippen molar-refractivity contribution >= 4 is 29.1 Å². The summed E-state index contributed by atoms with van der Waals surface area (Å²) in [6, 6.07) is 13.1. The number of nitrogens with one attached hydrogen (secondary N) is 1. The fourth-order valence-electron chi connectivity index (χ4n) is 2.11. The summed E-state index contributed by atoms with van der Waals surface area (Å²) in [5.74, 6) is -0.0302. The van der Waals surface area contributed by atoms with Crippen LogP contribution in [-0.4, -0.2) is 5.91 Å². The molecule has 110 valence electrons. The van der Waals surface area contributed by atoms with E-state index in [0.29, 0.717) is 16.5 Å². The highest BCUT2D eigenvalue weighted by molar-refractivity contribution is 6.35. The van der Waals surface area contributed by atoms with Crippen LogP contribution in [0, 0.1) is 6.92 Å². The lowest BCUT2D eigenvalue weighted by Gasteiger charge is -2.16. The van der Waals surface area contributed by atoms with Gasteiger partial charge in [-0.15, -0.1) is 0 Å². The molecule has 21 heavy (non-hydrogen) atoms. The lowest BCUT2D eigenvalue weighted by molar-refractivity contribution is -0.121. The number of aryl methyl sites for hydroxylation is 1. The summed E-state index contributed by atoms with van der Waals surface area (Å²) in [4.78, 5) is 12.1. The zero-order valence-corrected chi connectivity index (χ0v) is 13.5. The second-order valence-electron chi connectivity index (χ2n) is 5.12. The maximum Gasteiger partial charge on any atom is 0.224 e. The molecule has 0 unspecified atom stereocenters. The van der Waals surface area contributed by atoms with Crippen molar-refractivity contribution in [3.8, 4) is 0 Å². The average Bonchev–Trinajstić information content (AvgIpc) is 2.41. The van der Waals surface area contributed by atoms with Crippen molar-refractivity contribution in [2.24, 2.45) is 0 Å². The Hall–Kier alpha value is -1.51. The molecular weight excluding hydrogens is 305 g/mol. The van der Waals surface area contributed by atoms with E-state index in [2.05, 4.69) is 5.32 Å². The first-order valence-corrected chi connectivity index (χ1v) is 7.51. The molecule has 1 atom stereocenters. The number of hydrogen-bond donors (Lipinski definition) is 1. The maximum atomic E-state index is 12.1. The van der Waals surface area contributed by atoms with E-state index in [4.69, 9.17) is 23.2 Å². The number of halogens is 2. The van der Waals surface area contributed by atoms with Crippen molar-refractivity contribution in [1.29, 1.82) is 0 Å². The summed E-state index contributed by atoms with van der Waals surface area (Å²) in [7, 11) is 0. The summed E-state index contributed by atoms with van der Waals surface area (Å²) in [6.45, 7) is 3.93. The van der Waals surface area contributed by atoms with Crippen LogP contribution in [0.2, 0.25) is 10.0 Å². The summed E-state index contributed by atoms with van der Waals surface area (Å²) in [5, 5.41) is 4.10. The molecule has 0 spiro atoms. The van der Waals surface area contributed by atoms with Gasteiger partial charge in [-0.25, -0.2) is 0 Å². The Morgan fingerprint density at radius 2 is 1.81 bits per heavy atom. The van der Waals surface area contributed by atoms with Crippen LogP contribution in [-0.2, 0) is 11.2 Å². The molecule has 0 aliphatic rings. The van der Waals surface area contributed by atoms with E-state index in [0.717, 1.165) is 11.1 Å². The van der Waals surface area contributed by atoms with E-state index < -0.39 is 0 Å². The number of carbonyl (C=O) groups excluding carboxylic acids is 1. The molecule has 0 aromatic heterocycles. The molecule has 2 aromatic rings. The molecule has 0 fully saturated rings. The molecule has 1 amide bonds. The second-order valence-corrected chi connectivity index (χ2v) is 5.96. The highest BCUT2D eigenvalue weighted by Gasteiger charge is 2.13. The zero-order valence-electron chi connectivity index (χ0n) is 12.0. The first-order chi connectivity index (χ1) is 9.95. The molecule has 0 radical (unpaired) electrons. The van der Waals surface area contributed by atoms with Gasteiger partial charge in [0, 0.05) is 10.0 Å². The van der Waals surface area contributed by atoms with Gasteiger partial charge >= 0.3 is 0 Å². The molecule has 1 N–H and O–H groups in total. The third kappa shape index (κ3) is 4.48. The van der Waals surface area contributed by atoms with Crippen LogP contribution in [0.1, 0.15) is 29.7 Å². The van der Waals surface area contributed by atoms with Crippen LogP contribution < -0.4 is 5.32 Å². The van der Waals surface area contributed by atoms with Crippen LogP contribution in [0.4, 0.5) is 0 Å². The lowest BCUT2D eigenvalue weighted by Crippen LogP contribution is -2.28. The maximum absolute atomic E-state index is 12.1. The zero-order chi connectivity index (χ0) is 15.4. The van der Waals surface area contributed by atoms with Crippen LogP contribution in [0.25, 0.3) is 0 Å². The Balaban J connectivity index is 2.00. The Morgan fingerprint density at radius 1 is 1.14 bits per heavy atom. The van der Waals surface area contributed by atoms with Crippen LogP contribution in [0.15, 0.2) is 42.5 Å². The van der Waals surface area contributed by atoms with Gasteiger partial charge in [-0.2, -0.15) is 0 Å². The van der Waals surface area contributed by atoms with Gasteiger partial charge in [0.2, 0.25) is 5.91 Å². The van der Waals surface area contributed by atoms with Gasteiger partial charge in [-0.1, -0.05) is 59.1 Å². The highest BCUT2D eigenvalue weighted by atomic mass is 35.5. The smallest absolute Gasteiger partial charge is 0.224 e. The highest BCUT2D eigenvalue weighted by Crippen LogP contribution is 2.26. The van der Waals surface area contributed by atoms with Gasteiger partial charge in [0.1, 0.15) is 0 Å². The first-order valence-electron chi connectivity index (χ1n) is 6.75. The molecular formula is C17H17Cl2NO. The van der Waals surface area contributed by atoms with Gasteiger partial charge in [-0.3, -0.25) is 4.79 Å². The third-order valence-corrected chi connectivity index (χ3v) is 3.85. The number of rotatable bonds is 4. The van der Waals surface area contributed by atoms with E-state index in [1.807, 2.05) is 44.2 Å². The number of amides is 1. The molecule has 4 heteroatoms. The third-order valence-electron chi connectivity index (χ3n) is 3.29. The quantitative estimate of drug-likeness (QED) is 0.867. The van der Waals surface area contributed by atoms with Crippen molar-refractivity contribution in [2.45, 2.75) is 26.3 Å². The normalized spacial score (nSPS) is 12.0. The van der Waals surface area contributed by atoms with Gasteiger partial charge < -0.3 is 5.32 Å². The molecule has 0 aliphatic carbocycles. The minimum atomic E-state index is -0.160. The average molecular weight is 322 g/mol. The number of hydrogen-bond acceptors (Lipinski definition) is 1. The summed E-state index contributed by atoms with van der Waals surface area (Å²) < 4.78 is 0. The van der Waals surface area contributed by atoms with Crippen molar-refractivity contribution in [1.82, 2.24) is 5.32 Å². The molecule has 0 aliphatic heterocycles. The predicted molar refractivity (Wildman–Crippen MR) is 87.9 cm³/mol. The fourth-order valence-corrected chi connectivity index (χ4v) is 2.69. The minimum Gasteiger partial charge on any atom is -0.349 e. The van der Waals surface area contributed by atoms with E-state index in [-0.39, 0.29) is 11.9 Å². The van der Waals surface area contributed by atoms with Crippen molar-refractivity contribution in [2.75, 3.05) is 0 Å². The van der Waals surface area contributed by atoms with Gasteiger partial charge in [0.05, 0.1) is 12.5 Å². The molecule has 0 heterocycles. The Kier molecular flexibility index (Phi) is 5.27. The molecule has 2 nitrogen and oxygen atoms in total. The van der Waals surface area contributed by atoms with Crippen LogP contribution in [0.3, 0.4) is 0 Å². The van der Waals surface area contributed by atoms with Crippen LogP contribution >= 0.6 is 23.2 Å². The standard InChI is InChI=1S/C17H17Cl2NO/c1-11-3-5-13(6-4-11)9-17(21)20-12(2)15-8-7-14(18)10-16(15)19/h3-8,10,12H,9H2,1-2H3,(H,20,21)/t12-/m0/s1. The second kappa shape index (κ2) is 6.97. The topological polar surface area (TPSA) is 29.1 Å². The van der Waals surface area contributed by atoms with E-state index >= 15 is 0 Å². The number of carbonyl (C=O) groups is 1. The largest absolute Gasteiger partial charge is 0.349 e. The summed E-state index contributed by atoms with van der Waals surface area (Å²) in [5.41, 5.74) is 3.03. The van der Waals surface area contributed by atoms with E-state index in [9.17, 15) is 4.79 Å². The van der Waals surface area contributed by atoms with Crippen LogP contribution in [0.5, 0.6) is 0 Å². The summed E-state index contributed by atoms with van der Waals surface area (Å²) >= 11 is 12.0. The van der Waals surface area contributed by atoms with E-state index in [1.165, 1.54) is 5.56 Å². The predicted octanol–water partition coefficient (Wildman–Crippen LogP) is 4.72. The fraction of sp³-hybridized carbons (Fsp3) is 0.235. The minimum absolute atomic E-state index is 0.0302. The SMILES string of the molecule is Cc1ccc(CC(=O)N[C@@H](C)c2ccc(Cl)cc2Cl)cc1. The Morgan fingerprint density at radius 3 is 2.43 bits per heavy atom. The summed E-state index contributed by atoms with van der Waals surface area (Å²) in [6.07, 6.45) is 0.357. The number of benzene rings is 2. The van der Waals surface area contributed by atoms with E-state index in [1.54, 1.807) is 12.1 Å². The Labute approximate surface area is 135 Å². The molecule has 0 saturated heterocycles. The lowest BCUT2D eigenvalue weighted by atomic mass is 10.1.